The van der Waals surface area contributed by atoms with Crippen LogP contribution in [-0.2, 0) is 16.2 Å². The molecule has 1 aliphatic rings. The third-order valence-corrected chi connectivity index (χ3v) is 7.18. The summed E-state index contributed by atoms with van der Waals surface area (Å²) in [5.74, 6) is -2.68. The third kappa shape index (κ3) is 6.12. The van der Waals surface area contributed by atoms with E-state index in [9.17, 15) is 18.0 Å². The number of benzene rings is 1. The smallest absolute Gasteiger partial charge is 0.319 e. The van der Waals surface area contributed by atoms with Crippen LogP contribution in [0.15, 0.2) is 30.6 Å². The summed E-state index contributed by atoms with van der Waals surface area (Å²) in [7, 11) is -0.734. The maximum atomic E-state index is 14.8. The zero-order chi connectivity index (χ0) is 25.9. The number of amides is 2. The Hall–Kier alpha value is -2.80. The highest BCUT2D eigenvalue weighted by Crippen LogP contribution is 2.37. The normalized spacial score (nSPS) is 14.6. The standard InChI is InChI=1S/C23H26ClF3N4O4Si/c1-36(2)6-5-33-13-31-9-15(24)19-18(3-4-28-21(19)31)35-20-16(25)7-14(8-17(20)26)30-22(32)29-10-23(27)11-34-12-23/h3-4,7-9,36H,5-6,10-13H2,1-2H3,(H2,29,30,32). The predicted octanol–water partition coefficient (Wildman–Crippen LogP) is 5.08. The van der Waals surface area contributed by atoms with Gasteiger partial charge in [0.15, 0.2) is 23.1 Å². The van der Waals surface area contributed by atoms with Gasteiger partial charge in [-0.05, 0) is 12.1 Å². The number of nitrogens with zero attached hydrogens (tertiary/aromatic N) is 2. The van der Waals surface area contributed by atoms with E-state index in [1.54, 1.807) is 10.8 Å². The van der Waals surface area contributed by atoms with Gasteiger partial charge in [0.05, 0.1) is 30.2 Å². The van der Waals surface area contributed by atoms with Crippen LogP contribution in [-0.4, -0.2) is 56.4 Å². The Morgan fingerprint density at radius 2 is 2.03 bits per heavy atom. The minimum Gasteiger partial charge on any atom is -0.450 e. The highest BCUT2D eigenvalue weighted by molar-refractivity contribution is 6.55. The van der Waals surface area contributed by atoms with Crippen molar-refractivity contribution in [2.75, 3.05) is 31.7 Å². The number of hydrogen-bond acceptors (Lipinski definition) is 5. The minimum absolute atomic E-state index is 0.102. The van der Waals surface area contributed by atoms with E-state index in [-0.39, 0.29) is 42.9 Å². The van der Waals surface area contributed by atoms with Crippen molar-refractivity contribution < 1.29 is 32.2 Å². The number of nitrogens with one attached hydrogen (secondary N) is 2. The summed E-state index contributed by atoms with van der Waals surface area (Å²) in [6.07, 6.45) is 3.06. The number of ether oxygens (including phenoxy) is 3. The molecule has 2 aromatic heterocycles. The number of carbonyl (C=O) groups excluding carboxylic acids is 1. The molecule has 0 aliphatic carbocycles. The second-order valence-electron chi connectivity index (χ2n) is 9.00. The number of hydrogen-bond donors (Lipinski definition) is 2. The first-order valence-corrected chi connectivity index (χ1v) is 14.8. The second kappa shape index (κ2) is 11.1. The van der Waals surface area contributed by atoms with Crippen LogP contribution in [0.2, 0.25) is 24.2 Å². The number of anilines is 1. The Balaban J connectivity index is 1.47. The number of fused-ring (bicyclic) bond motifs is 1. The van der Waals surface area contributed by atoms with Crippen LogP contribution in [0, 0.1) is 11.6 Å². The monoisotopic (exact) mass is 542 g/mol. The zero-order valence-electron chi connectivity index (χ0n) is 19.7. The molecule has 3 aromatic rings. The first-order chi connectivity index (χ1) is 17.1. The molecule has 0 spiro atoms. The van der Waals surface area contributed by atoms with Crippen molar-refractivity contribution in [3.05, 3.63) is 47.2 Å². The highest BCUT2D eigenvalue weighted by atomic mass is 35.5. The summed E-state index contributed by atoms with van der Waals surface area (Å²) in [6.45, 7) is 4.79. The van der Waals surface area contributed by atoms with E-state index in [1.807, 2.05) is 0 Å². The van der Waals surface area contributed by atoms with Gasteiger partial charge in [-0.1, -0.05) is 24.7 Å². The molecule has 2 amide bonds. The fourth-order valence-electron chi connectivity index (χ4n) is 3.48. The van der Waals surface area contributed by atoms with Crippen molar-refractivity contribution in [1.29, 1.82) is 0 Å². The number of rotatable bonds is 10. The zero-order valence-corrected chi connectivity index (χ0v) is 21.7. The molecule has 1 saturated heterocycles. The lowest BCUT2D eigenvalue weighted by Gasteiger charge is -2.33. The Labute approximate surface area is 212 Å². The SMILES string of the molecule is C[SiH](C)CCOCn1cc(Cl)c2c(Oc3c(F)cc(NC(=O)NCC4(F)COC4)cc3F)ccnc21. The molecule has 0 radical (unpaired) electrons. The molecule has 0 atom stereocenters. The lowest BCUT2D eigenvalue weighted by molar-refractivity contribution is -0.125. The van der Waals surface area contributed by atoms with Crippen LogP contribution in [0.1, 0.15) is 0 Å². The van der Waals surface area contributed by atoms with Crippen molar-refractivity contribution in [3.8, 4) is 11.5 Å². The van der Waals surface area contributed by atoms with E-state index in [0.717, 1.165) is 18.2 Å². The molecule has 0 saturated carbocycles. The van der Waals surface area contributed by atoms with E-state index >= 15 is 0 Å². The van der Waals surface area contributed by atoms with E-state index < -0.39 is 37.9 Å². The molecular weight excluding hydrogens is 517 g/mol. The Bertz CT molecular complexity index is 1230. The van der Waals surface area contributed by atoms with Crippen LogP contribution in [0.5, 0.6) is 11.5 Å². The number of urea groups is 1. The first-order valence-electron chi connectivity index (χ1n) is 11.3. The number of pyridine rings is 1. The average molecular weight is 543 g/mol. The summed E-state index contributed by atoms with van der Waals surface area (Å²) in [6, 6.07) is 3.46. The lowest BCUT2D eigenvalue weighted by Crippen LogP contribution is -2.54. The van der Waals surface area contributed by atoms with Gasteiger partial charge in [-0.25, -0.2) is 22.9 Å². The number of carbonyl (C=O) groups is 1. The maximum Gasteiger partial charge on any atom is 0.319 e. The van der Waals surface area contributed by atoms with Crippen molar-refractivity contribution in [2.24, 2.45) is 0 Å². The van der Waals surface area contributed by atoms with Crippen molar-refractivity contribution in [3.63, 3.8) is 0 Å². The second-order valence-corrected chi connectivity index (χ2v) is 12.8. The van der Waals surface area contributed by atoms with Gasteiger partial charge in [0.1, 0.15) is 18.1 Å². The van der Waals surface area contributed by atoms with Gasteiger partial charge in [0.2, 0.25) is 0 Å². The largest absolute Gasteiger partial charge is 0.450 e. The number of halogens is 4. The molecule has 2 N–H and O–H groups in total. The van der Waals surface area contributed by atoms with Crippen molar-refractivity contribution >= 4 is 43.1 Å². The van der Waals surface area contributed by atoms with Gasteiger partial charge in [-0.3, -0.25) is 0 Å². The van der Waals surface area contributed by atoms with Gasteiger partial charge < -0.3 is 29.4 Å². The summed E-state index contributed by atoms with van der Waals surface area (Å²) in [5, 5.41) is 5.24. The van der Waals surface area contributed by atoms with Gasteiger partial charge in [0, 0.05) is 45.6 Å². The summed E-state index contributed by atoms with van der Waals surface area (Å²) in [4.78, 5) is 16.3. The maximum absolute atomic E-state index is 14.8. The highest BCUT2D eigenvalue weighted by Gasteiger charge is 2.39. The molecule has 0 bridgehead atoms. The third-order valence-electron chi connectivity index (χ3n) is 5.50. The molecule has 194 valence electrons. The van der Waals surface area contributed by atoms with E-state index in [4.69, 9.17) is 25.8 Å². The summed E-state index contributed by atoms with van der Waals surface area (Å²) >= 11 is 6.38. The Morgan fingerprint density at radius 1 is 1.31 bits per heavy atom. The molecule has 4 rings (SSSR count). The molecule has 13 heteroatoms. The van der Waals surface area contributed by atoms with Gasteiger partial charge in [-0.15, -0.1) is 0 Å². The molecule has 1 aliphatic heterocycles. The topological polar surface area (TPSA) is 86.6 Å². The summed E-state index contributed by atoms with van der Waals surface area (Å²) in [5.41, 5.74) is -1.36. The van der Waals surface area contributed by atoms with Crippen LogP contribution >= 0.6 is 11.6 Å². The van der Waals surface area contributed by atoms with Gasteiger partial charge >= 0.3 is 6.03 Å². The number of alkyl halides is 1. The predicted molar refractivity (Wildman–Crippen MR) is 132 cm³/mol. The lowest BCUT2D eigenvalue weighted by atomic mass is 10.1. The quantitative estimate of drug-likeness (QED) is 0.275. The number of aromatic nitrogens is 2. The van der Waals surface area contributed by atoms with Gasteiger partial charge in [-0.2, -0.15) is 0 Å². The van der Waals surface area contributed by atoms with Gasteiger partial charge in [0.25, 0.3) is 0 Å². The fourth-order valence-corrected chi connectivity index (χ4v) is 4.42. The average Bonchev–Trinajstić information content (AvgIpc) is 3.12. The molecule has 8 nitrogen and oxygen atoms in total. The van der Waals surface area contributed by atoms with Crippen LogP contribution in [0.4, 0.5) is 23.7 Å². The van der Waals surface area contributed by atoms with Crippen molar-refractivity contribution in [1.82, 2.24) is 14.9 Å². The molecule has 1 aromatic carbocycles. The molecule has 0 unspecified atom stereocenters. The minimum atomic E-state index is -1.64. The van der Waals surface area contributed by atoms with Crippen molar-refractivity contribution in [2.45, 2.75) is 31.5 Å². The molecule has 1 fully saturated rings. The van der Waals surface area contributed by atoms with Crippen LogP contribution in [0.25, 0.3) is 11.0 Å². The summed E-state index contributed by atoms with van der Waals surface area (Å²) < 4.78 is 61.2. The molecular formula is C23H26ClF3N4O4Si. The molecule has 3 heterocycles. The van der Waals surface area contributed by atoms with E-state index in [1.165, 1.54) is 12.3 Å². The first kappa shape index (κ1) is 26.3. The fraction of sp³-hybridized carbons (Fsp3) is 0.391. The van der Waals surface area contributed by atoms with E-state index in [0.29, 0.717) is 17.6 Å². The molecule has 36 heavy (non-hydrogen) atoms. The van der Waals surface area contributed by atoms with E-state index in [2.05, 4.69) is 28.7 Å². The Morgan fingerprint density at radius 3 is 2.67 bits per heavy atom. The van der Waals surface area contributed by atoms with Crippen LogP contribution in [0.3, 0.4) is 0 Å². The Kier molecular flexibility index (Phi) is 8.08. The van der Waals surface area contributed by atoms with Crippen LogP contribution < -0.4 is 15.4 Å².